The van der Waals surface area contributed by atoms with Gasteiger partial charge in [-0.25, -0.2) is 4.98 Å². The number of morpholine rings is 1. The van der Waals surface area contributed by atoms with E-state index in [1.165, 1.54) is 17.3 Å². The van der Waals surface area contributed by atoms with Crippen molar-refractivity contribution < 1.29 is 9.53 Å². The molecule has 2 heterocycles. The van der Waals surface area contributed by atoms with E-state index in [1.807, 2.05) is 12.1 Å². The van der Waals surface area contributed by atoms with Gasteiger partial charge in [0.1, 0.15) is 0 Å². The lowest BCUT2D eigenvalue weighted by Gasteiger charge is -2.26. The maximum absolute atomic E-state index is 13.4. The van der Waals surface area contributed by atoms with Crippen LogP contribution in [-0.2, 0) is 9.53 Å². The topological polar surface area (TPSA) is 64.4 Å². The molecule has 0 spiro atoms. The standard InChI is InChI=1S/C24H26ClN3O3S/c1-3-16(2)17-4-7-19(8-5-17)28-23(30)20-9-6-18(25)14-21(20)26-24(28)32-15-22(29)27-10-12-31-13-11-27/h4-9,14,16H,3,10-13,15H2,1-2H3/t16-/m0/s1. The van der Waals surface area contributed by atoms with Crippen molar-refractivity contribution in [3.8, 4) is 5.69 Å². The third-order valence-corrected chi connectivity index (χ3v) is 6.98. The molecule has 2 aromatic carbocycles. The van der Waals surface area contributed by atoms with Crippen molar-refractivity contribution >= 4 is 40.2 Å². The zero-order valence-corrected chi connectivity index (χ0v) is 19.8. The fraction of sp³-hybridized carbons (Fsp3) is 0.375. The summed E-state index contributed by atoms with van der Waals surface area (Å²) in [5.41, 5.74) is 2.30. The molecular formula is C24H26ClN3O3S. The van der Waals surface area contributed by atoms with Gasteiger partial charge in [-0.3, -0.25) is 14.2 Å². The molecule has 6 nitrogen and oxygen atoms in total. The van der Waals surface area contributed by atoms with Crippen LogP contribution in [0.1, 0.15) is 31.7 Å². The van der Waals surface area contributed by atoms with Crippen molar-refractivity contribution in [3.05, 3.63) is 63.4 Å². The van der Waals surface area contributed by atoms with Gasteiger partial charge in [0, 0.05) is 18.1 Å². The van der Waals surface area contributed by atoms with E-state index in [1.54, 1.807) is 27.7 Å². The largest absolute Gasteiger partial charge is 0.378 e. The summed E-state index contributed by atoms with van der Waals surface area (Å²) in [7, 11) is 0. The fourth-order valence-corrected chi connectivity index (χ4v) is 4.76. The monoisotopic (exact) mass is 471 g/mol. The Bertz CT molecular complexity index is 1170. The van der Waals surface area contributed by atoms with Crippen molar-refractivity contribution in [2.24, 2.45) is 0 Å². The summed E-state index contributed by atoms with van der Waals surface area (Å²) in [5.74, 6) is 0.652. The highest BCUT2D eigenvalue weighted by Crippen LogP contribution is 2.25. The van der Waals surface area contributed by atoms with Gasteiger partial charge in [0.25, 0.3) is 5.56 Å². The van der Waals surface area contributed by atoms with E-state index >= 15 is 0 Å². The van der Waals surface area contributed by atoms with Gasteiger partial charge < -0.3 is 9.64 Å². The number of carbonyl (C=O) groups is 1. The Labute approximate surface area is 196 Å². The molecule has 0 N–H and O–H groups in total. The molecule has 1 saturated heterocycles. The second-order valence-corrected chi connectivity index (χ2v) is 9.26. The van der Waals surface area contributed by atoms with Gasteiger partial charge in [0.05, 0.1) is 35.6 Å². The number of ether oxygens (including phenoxy) is 1. The van der Waals surface area contributed by atoms with Crippen LogP contribution in [0.2, 0.25) is 5.02 Å². The van der Waals surface area contributed by atoms with Crippen molar-refractivity contribution in [1.82, 2.24) is 14.5 Å². The van der Waals surface area contributed by atoms with E-state index in [4.69, 9.17) is 21.3 Å². The summed E-state index contributed by atoms with van der Waals surface area (Å²) in [6.07, 6.45) is 1.04. The third-order valence-electron chi connectivity index (χ3n) is 5.82. The highest BCUT2D eigenvalue weighted by atomic mass is 35.5. The molecule has 1 atom stereocenters. The number of thioether (sulfide) groups is 1. The van der Waals surface area contributed by atoms with Crippen molar-refractivity contribution in [2.75, 3.05) is 32.1 Å². The normalized spacial score (nSPS) is 15.2. The molecule has 1 aliphatic heterocycles. The Morgan fingerprint density at radius 3 is 2.59 bits per heavy atom. The summed E-state index contributed by atoms with van der Waals surface area (Å²) in [6.45, 7) is 6.61. The molecule has 3 aromatic rings. The number of benzene rings is 2. The summed E-state index contributed by atoms with van der Waals surface area (Å²) in [6, 6.07) is 13.1. The van der Waals surface area contributed by atoms with Crippen LogP contribution in [0.5, 0.6) is 0 Å². The summed E-state index contributed by atoms with van der Waals surface area (Å²) in [4.78, 5) is 32.6. The molecule has 32 heavy (non-hydrogen) atoms. The quantitative estimate of drug-likeness (QED) is 0.391. The molecule has 1 aromatic heterocycles. The second kappa shape index (κ2) is 10.1. The summed E-state index contributed by atoms with van der Waals surface area (Å²) >= 11 is 7.41. The molecule has 4 rings (SSSR count). The minimum absolute atomic E-state index is 0.0115. The zero-order valence-electron chi connectivity index (χ0n) is 18.2. The van der Waals surface area contributed by atoms with Crippen LogP contribution in [0, 0.1) is 0 Å². The van der Waals surface area contributed by atoms with Crippen LogP contribution in [0.4, 0.5) is 0 Å². The number of carbonyl (C=O) groups excluding carboxylic acids is 1. The van der Waals surface area contributed by atoms with Gasteiger partial charge in [0.2, 0.25) is 5.91 Å². The summed E-state index contributed by atoms with van der Waals surface area (Å²) in [5, 5.41) is 1.48. The van der Waals surface area contributed by atoms with E-state index in [0.29, 0.717) is 53.3 Å². The minimum atomic E-state index is -0.177. The molecule has 0 radical (unpaired) electrons. The first-order valence-electron chi connectivity index (χ1n) is 10.8. The maximum Gasteiger partial charge on any atom is 0.266 e. The van der Waals surface area contributed by atoms with E-state index < -0.39 is 0 Å². The fourth-order valence-electron chi connectivity index (χ4n) is 3.68. The van der Waals surface area contributed by atoms with Crippen molar-refractivity contribution in [2.45, 2.75) is 31.3 Å². The molecule has 1 amide bonds. The van der Waals surface area contributed by atoms with E-state index in [2.05, 4.69) is 26.0 Å². The number of rotatable bonds is 6. The average molecular weight is 472 g/mol. The molecule has 0 aliphatic carbocycles. The second-order valence-electron chi connectivity index (χ2n) is 7.88. The minimum Gasteiger partial charge on any atom is -0.378 e. The Hall–Kier alpha value is -2.35. The van der Waals surface area contributed by atoms with Crippen LogP contribution in [0.25, 0.3) is 16.6 Å². The van der Waals surface area contributed by atoms with E-state index in [-0.39, 0.29) is 17.2 Å². The Kier molecular flexibility index (Phi) is 7.18. The van der Waals surface area contributed by atoms with Gasteiger partial charge in [-0.2, -0.15) is 0 Å². The van der Waals surface area contributed by atoms with Crippen molar-refractivity contribution in [1.29, 1.82) is 0 Å². The number of halogens is 1. The first-order chi connectivity index (χ1) is 15.5. The lowest BCUT2D eigenvalue weighted by Crippen LogP contribution is -2.41. The van der Waals surface area contributed by atoms with Crippen LogP contribution in [0.15, 0.2) is 52.4 Å². The molecular weight excluding hydrogens is 446 g/mol. The Balaban J connectivity index is 1.72. The summed E-state index contributed by atoms with van der Waals surface area (Å²) < 4.78 is 6.92. The molecule has 168 valence electrons. The van der Waals surface area contributed by atoms with Crippen molar-refractivity contribution in [3.63, 3.8) is 0 Å². The highest BCUT2D eigenvalue weighted by Gasteiger charge is 2.20. The predicted molar refractivity (Wildman–Crippen MR) is 129 cm³/mol. The lowest BCUT2D eigenvalue weighted by atomic mass is 9.98. The number of hydrogen-bond donors (Lipinski definition) is 0. The first-order valence-corrected chi connectivity index (χ1v) is 12.1. The molecule has 1 aliphatic rings. The Morgan fingerprint density at radius 1 is 1.19 bits per heavy atom. The number of hydrogen-bond acceptors (Lipinski definition) is 5. The Morgan fingerprint density at radius 2 is 1.91 bits per heavy atom. The first kappa shape index (κ1) is 22.8. The third kappa shape index (κ3) is 4.85. The smallest absolute Gasteiger partial charge is 0.266 e. The molecule has 8 heteroatoms. The number of fused-ring (bicyclic) bond motifs is 1. The van der Waals surface area contributed by atoms with Gasteiger partial charge in [-0.15, -0.1) is 0 Å². The van der Waals surface area contributed by atoms with Gasteiger partial charge in [0.15, 0.2) is 5.16 Å². The van der Waals surface area contributed by atoms with E-state index in [0.717, 1.165) is 12.1 Å². The average Bonchev–Trinajstić information content (AvgIpc) is 2.82. The zero-order chi connectivity index (χ0) is 22.7. The number of nitrogens with zero attached hydrogens (tertiary/aromatic N) is 3. The predicted octanol–water partition coefficient (Wildman–Crippen LogP) is 4.50. The van der Waals surface area contributed by atoms with Gasteiger partial charge >= 0.3 is 0 Å². The van der Waals surface area contributed by atoms with Gasteiger partial charge in [-0.1, -0.05) is 49.3 Å². The molecule has 0 bridgehead atoms. The molecule has 1 fully saturated rings. The number of amides is 1. The SMILES string of the molecule is CC[C@H](C)c1ccc(-n2c(SCC(=O)N3CCOCC3)nc3cc(Cl)ccc3c2=O)cc1. The maximum atomic E-state index is 13.4. The van der Waals surface area contributed by atoms with E-state index in [9.17, 15) is 9.59 Å². The highest BCUT2D eigenvalue weighted by molar-refractivity contribution is 7.99. The molecule has 0 saturated carbocycles. The van der Waals surface area contributed by atoms with Crippen LogP contribution in [-0.4, -0.2) is 52.4 Å². The van der Waals surface area contributed by atoms with Crippen LogP contribution in [0.3, 0.4) is 0 Å². The number of aromatic nitrogens is 2. The lowest BCUT2D eigenvalue weighted by molar-refractivity contribution is -0.132. The molecule has 0 unspecified atom stereocenters. The van der Waals surface area contributed by atoms with Crippen LogP contribution < -0.4 is 5.56 Å². The van der Waals surface area contributed by atoms with Crippen LogP contribution >= 0.6 is 23.4 Å². The van der Waals surface area contributed by atoms with Gasteiger partial charge in [-0.05, 0) is 48.2 Å².